The van der Waals surface area contributed by atoms with Crippen LogP contribution >= 0.6 is 0 Å². The summed E-state index contributed by atoms with van der Waals surface area (Å²) in [5, 5.41) is 3.44. The molecule has 0 unspecified atom stereocenters. The maximum atomic E-state index is 13.6. The van der Waals surface area contributed by atoms with Crippen LogP contribution in [0.15, 0.2) is 36.4 Å². The topological polar surface area (TPSA) is 15.3 Å². The van der Waals surface area contributed by atoms with Gasteiger partial charge in [-0.2, -0.15) is 0 Å². The van der Waals surface area contributed by atoms with Crippen molar-refractivity contribution in [3.8, 4) is 0 Å². The molecule has 2 heterocycles. The van der Waals surface area contributed by atoms with Crippen LogP contribution in [-0.2, 0) is 19.4 Å². The van der Waals surface area contributed by atoms with Gasteiger partial charge < -0.3 is 10.2 Å². The van der Waals surface area contributed by atoms with Gasteiger partial charge in [0.1, 0.15) is 5.82 Å². The molecule has 0 bridgehead atoms. The molecule has 0 fully saturated rings. The van der Waals surface area contributed by atoms with Crippen LogP contribution in [0.1, 0.15) is 16.7 Å². The van der Waals surface area contributed by atoms with Crippen molar-refractivity contribution in [2.24, 2.45) is 0 Å². The van der Waals surface area contributed by atoms with Gasteiger partial charge in [-0.15, -0.1) is 0 Å². The predicted octanol–water partition coefficient (Wildman–Crippen LogP) is 3.17. The third kappa shape index (κ3) is 1.81. The molecule has 2 aliphatic heterocycles. The molecule has 4 rings (SSSR count). The summed E-state index contributed by atoms with van der Waals surface area (Å²) >= 11 is 0. The van der Waals surface area contributed by atoms with Crippen molar-refractivity contribution in [1.29, 1.82) is 0 Å². The van der Waals surface area contributed by atoms with Crippen LogP contribution in [0.5, 0.6) is 0 Å². The van der Waals surface area contributed by atoms with Gasteiger partial charge in [0.25, 0.3) is 0 Å². The minimum atomic E-state index is -0.154. The molecule has 3 heteroatoms. The minimum absolute atomic E-state index is 0.154. The Morgan fingerprint density at radius 3 is 2.90 bits per heavy atom. The average molecular weight is 268 g/mol. The molecule has 102 valence electrons. The first-order valence-corrected chi connectivity index (χ1v) is 7.20. The molecule has 0 saturated carbocycles. The van der Waals surface area contributed by atoms with Crippen LogP contribution < -0.4 is 10.2 Å². The second-order valence-electron chi connectivity index (χ2n) is 5.52. The van der Waals surface area contributed by atoms with Crippen LogP contribution in [0.4, 0.5) is 15.8 Å². The lowest BCUT2D eigenvalue weighted by Crippen LogP contribution is -2.26. The molecule has 0 spiro atoms. The third-order valence-corrected chi connectivity index (χ3v) is 4.35. The lowest BCUT2D eigenvalue weighted by molar-refractivity contribution is 0.627. The first-order valence-electron chi connectivity index (χ1n) is 7.20. The third-order valence-electron chi connectivity index (χ3n) is 4.35. The molecule has 0 atom stereocenters. The van der Waals surface area contributed by atoms with Crippen molar-refractivity contribution in [2.75, 3.05) is 18.0 Å². The maximum Gasteiger partial charge on any atom is 0.125 e. The molecule has 2 aromatic rings. The van der Waals surface area contributed by atoms with E-state index in [4.69, 9.17) is 0 Å². The predicted molar refractivity (Wildman–Crippen MR) is 79.0 cm³/mol. The number of nitrogens with one attached hydrogen (secondary N) is 1. The maximum absolute atomic E-state index is 13.6. The van der Waals surface area contributed by atoms with Gasteiger partial charge in [-0.3, -0.25) is 0 Å². The highest BCUT2D eigenvalue weighted by Gasteiger charge is 2.24. The Labute approximate surface area is 118 Å². The average Bonchev–Trinajstić information content (AvgIpc) is 2.89. The van der Waals surface area contributed by atoms with E-state index in [1.807, 2.05) is 6.07 Å². The van der Waals surface area contributed by atoms with E-state index < -0.39 is 0 Å². The first-order chi connectivity index (χ1) is 9.83. The number of nitrogens with zero attached hydrogens (tertiary/aromatic N) is 1. The molecular formula is C17H17FN2. The monoisotopic (exact) mass is 268 g/mol. The lowest BCUT2D eigenvalue weighted by Gasteiger charge is -2.27. The summed E-state index contributed by atoms with van der Waals surface area (Å²) in [4.78, 5) is 2.27. The normalized spacial score (nSPS) is 16.9. The standard InChI is InChI=1S/C17H17FN2/c18-14-5-4-13-7-9-20(17(13)10-14)16-3-1-2-12-6-8-19-11-15(12)16/h1-5,10,19H,6-9,11H2. The van der Waals surface area contributed by atoms with Gasteiger partial charge in [0.2, 0.25) is 0 Å². The smallest absolute Gasteiger partial charge is 0.125 e. The quantitative estimate of drug-likeness (QED) is 0.854. The Morgan fingerprint density at radius 2 is 1.95 bits per heavy atom. The second-order valence-corrected chi connectivity index (χ2v) is 5.52. The zero-order chi connectivity index (χ0) is 13.5. The van der Waals surface area contributed by atoms with E-state index in [9.17, 15) is 4.39 Å². The first kappa shape index (κ1) is 11.9. The number of benzene rings is 2. The van der Waals surface area contributed by atoms with Crippen molar-refractivity contribution in [1.82, 2.24) is 5.32 Å². The Bertz CT molecular complexity index is 666. The summed E-state index contributed by atoms with van der Waals surface area (Å²) in [6, 6.07) is 11.6. The number of anilines is 2. The SMILES string of the molecule is Fc1ccc2c(c1)N(c1cccc3c1CNCC3)CC2. The van der Waals surface area contributed by atoms with E-state index >= 15 is 0 Å². The van der Waals surface area contributed by atoms with Crippen LogP contribution in [-0.4, -0.2) is 13.1 Å². The van der Waals surface area contributed by atoms with Gasteiger partial charge in [-0.25, -0.2) is 4.39 Å². The van der Waals surface area contributed by atoms with E-state index in [0.717, 1.165) is 38.2 Å². The summed E-state index contributed by atoms with van der Waals surface area (Å²) in [6.45, 7) is 2.89. The van der Waals surface area contributed by atoms with Gasteiger partial charge >= 0.3 is 0 Å². The lowest BCUT2D eigenvalue weighted by atomic mass is 9.98. The second kappa shape index (κ2) is 4.60. The minimum Gasteiger partial charge on any atom is -0.341 e. The summed E-state index contributed by atoms with van der Waals surface area (Å²) in [5.74, 6) is -0.154. The van der Waals surface area contributed by atoms with Crippen molar-refractivity contribution < 1.29 is 4.39 Å². The van der Waals surface area contributed by atoms with E-state index in [-0.39, 0.29) is 5.82 Å². The highest BCUT2D eigenvalue weighted by molar-refractivity contribution is 5.73. The van der Waals surface area contributed by atoms with E-state index in [0.29, 0.717) is 0 Å². The fraction of sp³-hybridized carbons (Fsp3) is 0.294. The van der Waals surface area contributed by atoms with Gasteiger partial charge in [-0.05, 0) is 54.3 Å². The molecule has 2 nitrogen and oxygen atoms in total. The zero-order valence-corrected chi connectivity index (χ0v) is 11.3. The zero-order valence-electron chi connectivity index (χ0n) is 11.3. The van der Waals surface area contributed by atoms with Crippen LogP contribution in [0.3, 0.4) is 0 Å². The van der Waals surface area contributed by atoms with Crippen LogP contribution in [0, 0.1) is 5.82 Å². The van der Waals surface area contributed by atoms with Crippen molar-refractivity contribution in [3.63, 3.8) is 0 Å². The molecular weight excluding hydrogens is 251 g/mol. The Morgan fingerprint density at radius 1 is 1.00 bits per heavy atom. The number of rotatable bonds is 1. The summed E-state index contributed by atoms with van der Waals surface area (Å²) < 4.78 is 13.6. The highest BCUT2D eigenvalue weighted by Crippen LogP contribution is 2.38. The van der Waals surface area contributed by atoms with Crippen LogP contribution in [0.25, 0.3) is 0 Å². The molecule has 20 heavy (non-hydrogen) atoms. The number of halogens is 1. The van der Waals surface area contributed by atoms with Gasteiger partial charge in [0, 0.05) is 24.5 Å². The molecule has 0 amide bonds. The molecule has 2 aromatic carbocycles. The van der Waals surface area contributed by atoms with Crippen molar-refractivity contribution in [3.05, 3.63) is 58.9 Å². The van der Waals surface area contributed by atoms with E-state index in [1.54, 1.807) is 12.1 Å². The van der Waals surface area contributed by atoms with E-state index in [2.05, 4.69) is 28.4 Å². The molecule has 0 aromatic heterocycles. The summed E-state index contributed by atoms with van der Waals surface area (Å²) in [6.07, 6.45) is 2.07. The Kier molecular flexibility index (Phi) is 2.74. The van der Waals surface area contributed by atoms with Crippen LogP contribution in [0.2, 0.25) is 0 Å². The van der Waals surface area contributed by atoms with E-state index in [1.165, 1.54) is 22.4 Å². The summed E-state index contributed by atoms with van der Waals surface area (Å²) in [5.41, 5.74) is 6.30. The molecule has 1 N–H and O–H groups in total. The number of fused-ring (bicyclic) bond motifs is 2. The molecule has 2 aliphatic rings. The van der Waals surface area contributed by atoms with Crippen molar-refractivity contribution >= 4 is 11.4 Å². The Hall–Kier alpha value is -1.87. The van der Waals surface area contributed by atoms with Gasteiger partial charge in [0.05, 0.1) is 0 Å². The largest absolute Gasteiger partial charge is 0.341 e. The van der Waals surface area contributed by atoms with Gasteiger partial charge in [0.15, 0.2) is 0 Å². The fourth-order valence-electron chi connectivity index (χ4n) is 3.35. The molecule has 0 radical (unpaired) electrons. The van der Waals surface area contributed by atoms with Crippen molar-refractivity contribution in [2.45, 2.75) is 19.4 Å². The number of hydrogen-bond donors (Lipinski definition) is 1. The molecule has 0 saturated heterocycles. The summed E-state index contributed by atoms with van der Waals surface area (Å²) in [7, 11) is 0. The van der Waals surface area contributed by atoms with Gasteiger partial charge in [-0.1, -0.05) is 18.2 Å². The Balaban J connectivity index is 1.82. The number of hydrogen-bond acceptors (Lipinski definition) is 2. The molecule has 0 aliphatic carbocycles. The highest BCUT2D eigenvalue weighted by atomic mass is 19.1. The fourth-order valence-corrected chi connectivity index (χ4v) is 3.35.